The molecule has 0 aromatic heterocycles. The number of benzene rings is 1. The van der Waals surface area contributed by atoms with Crippen molar-refractivity contribution in [3.05, 3.63) is 29.1 Å². The lowest BCUT2D eigenvalue weighted by Crippen LogP contribution is -2.10. The fourth-order valence-electron chi connectivity index (χ4n) is 1.48. The summed E-state index contributed by atoms with van der Waals surface area (Å²) in [6.45, 7) is -1.26. The molecule has 1 aromatic rings. The van der Waals surface area contributed by atoms with Gasteiger partial charge in [-0.15, -0.1) is 0 Å². The number of ether oxygens (including phenoxy) is 2. The van der Waals surface area contributed by atoms with E-state index >= 15 is 0 Å². The van der Waals surface area contributed by atoms with Crippen molar-refractivity contribution in [2.45, 2.75) is 25.3 Å². The van der Waals surface area contributed by atoms with Gasteiger partial charge in [-0.2, -0.15) is 8.78 Å². The zero-order valence-corrected chi connectivity index (χ0v) is 11.7. The summed E-state index contributed by atoms with van der Waals surface area (Å²) in [5, 5.41) is 0.120. The number of carbonyl (C=O) groups is 1. The van der Waals surface area contributed by atoms with Gasteiger partial charge in [-0.3, -0.25) is 4.79 Å². The van der Waals surface area contributed by atoms with Crippen molar-refractivity contribution in [3.63, 3.8) is 0 Å². The molecule has 0 unspecified atom stereocenters. The van der Waals surface area contributed by atoms with E-state index in [1.54, 1.807) is 6.92 Å². The van der Waals surface area contributed by atoms with E-state index in [-0.39, 0.29) is 23.9 Å². The summed E-state index contributed by atoms with van der Waals surface area (Å²) in [5.41, 5.74) is 0.488. The Kier molecular flexibility index (Phi) is 6.14. The van der Waals surface area contributed by atoms with Gasteiger partial charge in [-0.05, 0) is 18.6 Å². The van der Waals surface area contributed by atoms with Crippen LogP contribution in [0.2, 0.25) is 0 Å². The van der Waals surface area contributed by atoms with Crippen molar-refractivity contribution < 1.29 is 27.4 Å². The van der Waals surface area contributed by atoms with Gasteiger partial charge >= 0.3 is 12.6 Å². The quantitative estimate of drug-likeness (QED) is 0.588. The molecule has 0 N–H and O–H groups in total. The second kappa shape index (κ2) is 7.37. The molecule has 106 valence electrons. The van der Waals surface area contributed by atoms with Crippen LogP contribution in [-0.2, 0) is 21.3 Å². The maximum Gasteiger partial charge on any atom is 0.387 e. The van der Waals surface area contributed by atoms with Crippen LogP contribution in [0.5, 0.6) is 5.75 Å². The van der Waals surface area contributed by atoms with E-state index < -0.39 is 24.1 Å². The van der Waals surface area contributed by atoms with Crippen molar-refractivity contribution in [3.8, 4) is 5.75 Å². The van der Waals surface area contributed by atoms with Gasteiger partial charge in [-0.25, -0.2) is 4.39 Å². The van der Waals surface area contributed by atoms with E-state index in [1.807, 2.05) is 0 Å². The van der Waals surface area contributed by atoms with Crippen LogP contribution in [0.1, 0.15) is 18.1 Å². The lowest BCUT2D eigenvalue weighted by Gasteiger charge is -2.11. The zero-order chi connectivity index (χ0) is 14.4. The molecule has 0 bridgehead atoms. The predicted octanol–water partition coefficient (Wildman–Crippen LogP) is 3.43. The van der Waals surface area contributed by atoms with Crippen molar-refractivity contribution in [2.24, 2.45) is 0 Å². The minimum absolute atomic E-state index is 0.120. The molecule has 0 spiro atoms. The molecule has 0 aliphatic rings. The first-order valence-electron chi connectivity index (χ1n) is 5.45. The number of alkyl halides is 3. The van der Waals surface area contributed by atoms with Gasteiger partial charge in [0.15, 0.2) is 11.6 Å². The summed E-state index contributed by atoms with van der Waals surface area (Å²) in [4.78, 5) is 11.3. The monoisotopic (exact) mass is 340 g/mol. The Labute approximate surface area is 116 Å². The Morgan fingerprint density at radius 2 is 2.11 bits per heavy atom. The van der Waals surface area contributed by atoms with E-state index in [0.717, 1.165) is 6.07 Å². The summed E-state index contributed by atoms with van der Waals surface area (Å²) in [6, 6.07) is 2.48. The summed E-state index contributed by atoms with van der Waals surface area (Å²) >= 11 is 3.04. The van der Waals surface area contributed by atoms with E-state index in [2.05, 4.69) is 20.7 Å². The molecule has 1 rings (SSSR count). The first kappa shape index (κ1) is 15.8. The van der Waals surface area contributed by atoms with Crippen LogP contribution in [-0.4, -0.2) is 19.2 Å². The van der Waals surface area contributed by atoms with Gasteiger partial charge in [0.1, 0.15) is 0 Å². The first-order chi connectivity index (χ1) is 8.97. The maximum absolute atomic E-state index is 13.7. The fourth-order valence-corrected chi connectivity index (χ4v) is 1.89. The van der Waals surface area contributed by atoms with Crippen LogP contribution < -0.4 is 4.74 Å². The lowest BCUT2D eigenvalue weighted by atomic mass is 10.1. The largest absolute Gasteiger partial charge is 0.466 e. The normalized spacial score (nSPS) is 10.6. The highest BCUT2D eigenvalue weighted by atomic mass is 79.9. The number of esters is 1. The molecule has 0 radical (unpaired) electrons. The second-order valence-corrected chi connectivity index (χ2v) is 4.12. The van der Waals surface area contributed by atoms with E-state index in [0.29, 0.717) is 5.56 Å². The molecule has 0 atom stereocenters. The topological polar surface area (TPSA) is 35.5 Å². The molecule has 1 aromatic carbocycles. The molecule has 0 aliphatic heterocycles. The van der Waals surface area contributed by atoms with E-state index in [4.69, 9.17) is 4.74 Å². The molecule has 0 amide bonds. The molecule has 7 heteroatoms. The van der Waals surface area contributed by atoms with Crippen LogP contribution >= 0.6 is 15.9 Å². The Bertz CT molecular complexity index is 452. The van der Waals surface area contributed by atoms with Crippen molar-refractivity contribution >= 4 is 21.9 Å². The van der Waals surface area contributed by atoms with E-state index in [9.17, 15) is 18.0 Å². The van der Waals surface area contributed by atoms with Gasteiger partial charge in [0.25, 0.3) is 0 Å². The minimum atomic E-state index is -3.13. The molecular formula is C12H12BrF3O3. The highest BCUT2D eigenvalue weighted by molar-refractivity contribution is 9.08. The zero-order valence-electron chi connectivity index (χ0n) is 10.1. The SMILES string of the molecule is CCOC(=O)Cc1cc(CBr)c(F)c(OC(F)F)c1. The molecule has 3 nitrogen and oxygen atoms in total. The third-order valence-electron chi connectivity index (χ3n) is 2.19. The molecule has 0 saturated heterocycles. The first-order valence-corrected chi connectivity index (χ1v) is 6.57. The third kappa shape index (κ3) is 4.74. The Balaban J connectivity index is 3.01. The Morgan fingerprint density at radius 1 is 1.42 bits per heavy atom. The van der Waals surface area contributed by atoms with Crippen molar-refractivity contribution in [2.75, 3.05) is 6.61 Å². The molecule has 19 heavy (non-hydrogen) atoms. The number of hydrogen-bond acceptors (Lipinski definition) is 3. The molecule has 0 heterocycles. The molecule has 0 fully saturated rings. The third-order valence-corrected chi connectivity index (χ3v) is 2.79. The van der Waals surface area contributed by atoms with Crippen LogP contribution in [0.4, 0.5) is 13.2 Å². The van der Waals surface area contributed by atoms with Crippen LogP contribution in [0.15, 0.2) is 12.1 Å². The van der Waals surface area contributed by atoms with Crippen LogP contribution in [0.25, 0.3) is 0 Å². The number of rotatable bonds is 6. The summed E-state index contributed by atoms with van der Waals surface area (Å²) < 4.78 is 46.8. The Hall–Kier alpha value is -1.24. The van der Waals surface area contributed by atoms with Crippen LogP contribution in [0, 0.1) is 5.82 Å². The van der Waals surface area contributed by atoms with Gasteiger partial charge in [-0.1, -0.05) is 22.0 Å². The van der Waals surface area contributed by atoms with Crippen molar-refractivity contribution in [1.29, 1.82) is 0 Å². The lowest BCUT2D eigenvalue weighted by molar-refractivity contribution is -0.142. The summed E-state index contributed by atoms with van der Waals surface area (Å²) in [5.74, 6) is -1.96. The number of halogens is 4. The summed E-state index contributed by atoms with van der Waals surface area (Å²) in [6.07, 6.45) is -0.131. The standard InChI is InChI=1S/C12H12BrF3O3/c1-2-18-10(17)5-7-3-8(6-13)11(14)9(4-7)19-12(15)16/h3-4,12H,2,5-6H2,1H3. The smallest absolute Gasteiger partial charge is 0.387 e. The predicted molar refractivity (Wildman–Crippen MR) is 66.0 cm³/mol. The highest BCUT2D eigenvalue weighted by Crippen LogP contribution is 2.26. The molecule has 0 aliphatic carbocycles. The van der Waals surface area contributed by atoms with Crippen LogP contribution in [0.3, 0.4) is 0 Å². The second-order valence-electron chi connectivity index (χ2n) is 3.56. The van der Waals surface area contributed by atoms with Gasteiger partial charge in [0, 0.05) is 10.9 Å². The average molecular weight is 341 g/mol. The van der Waals surface area contributed by atoms with Gasteiger partial charge in [0.2, 0.25) is 0 Å². The van der Waals surface area contributed by atoms with Crippen molar-refractivity contribution in [1.82, 2.24) is 0 Å². The maximum atomic E-state index is 13.7. The number of hydrogen-bond donors (Lipinski definition) is 0. The highest BCUT2D eigenvalue weighted by Gasteiger charge is 2.16. The molecular weight excluding hydrogens is 329 g/mol. The Morgan fingerprint density at radius 3 is 2.63 bits per heavy atom. The average Bonchev–Trinajstić information content (AvgIpc) is 2.32. The summed E-state index contributed by atoms with van der Waals surface area (Å²) in [7, 11) is 0. The number of carbonyl (C=O) groups excluding carboxylic acids is 1. The van der Waals surface area contributed by atoms with Gasteiger partial charge < -0.3 is 9.47 Å². The van der Waals surface area contributed by atoms with E-state index in [1.165, 1.54) is 6.07 Å². The molecule has 0 saturated carbocycles. The van der Waals surface area contributed by atoms with Gasteiger partial charge in [0.05, 0.1) is 13.0 Å². The fraction of sp³-hybridized carbons (Fsp3) is 0.417. The minimum Gasteiger partial charge on any atom is -0.466 e.